The third kappa shape index (κ3) is 10.5. The van der Waals surface area contributed by atoms with Crippen LogP contribution in [0, 0.1) is 0 Å². The minimum Gasteiger partial charge on any atom is -0.423 e. The molecule has 0 unspecified atom stereocenters. The largest absolute Gasteiger partial charge is 0.488 e. The van der Waals surface area contributed by atoms with Crippen LogP contribution in [-0.2, 0) is 0 Å². The molecule has 0 saturated heterocycles. The zero-order valence-corrected chi connectivity index (χ0v) is 52.8. The molecule has 6 heteroatoms. The lowest BCUT2D eigenvalue weighted by molar-refractivity contribution is 0.426. The maximum absolute atomic E-state index is 9.43. The Morgan fingerprint density at radius 3 is 0.915 bits per heavy atom. The smallest absolute Gasteiger partial charge is 0.423 e. The summed E-state index contributed by atoms with van der Waals surface area (Å²) in [6, 6.07) is 125. The van der Waals surface area contributed by atoms with E-state index in [1.165, 1.54) is 126 Å². The number of rotatable bonds is 8. The van der Waals surface area contributed by atoms with Crippen LogP contribution < -0.4 is 5.46 Å². The molecule has 0 radical (unpaired) electrons. The number of hydrogen-bond acceptors (Lipinski definition) is 2. The van der Waals surface area contributed by atoms with Crippen LogP contribution in [0.25, 0.3) is 154 Å². The molecule has 0 atom stereocenters. The van der Waals surface area contributed by atoms with Gasteiger partial charge in [0.1, 0.15) is 0 Å². The number of aromatic nitrogens is 2. The van der Waals surface area contributed by atoms with Crippen molar-refractivity contribution in [3.05, 3.63) is 356 Å². The summed E-state index contributed by atoms with van der Waals surface area (Å²) >= 11 is 3.68. The van der Waals surface area contributed by atoms with Crippen LogP contribution in [0.15, 0.2) is 356 Å². The highest BCUT2D eigenvalue weighted by Gasteiger charge is 2.21. The predicted molar refractivity (Wildman–Crippen MR) is 403 cm³/mol. The van der Waals surface area contributed by atoms with Gasteiger partial charge >= 0.3 is 7.12 Å². The van der Waals surface area contributed by atoms with Crippen LogP contribution in [0.4, 0.5) is 0 Å². The van der Waals surface area contributed by atoms with E-state index in [-0.39, 0.29) is 0 Å². The number of hydrogen-bond donors (Lipinski definition) is 2. The zero-order chi connectivity index (χ0) is 63.1. The van der Waals surface area contributed by atoms with E-state index >= 15 is 0 Å². The molecule has 0 bridgehead atoms. The van der Waals surface area contributed by atoms with Crippen molar-refractivity contribution in [2.45, 2.75) is 0 Å². The molecule has 0 aliphatic carbocycles. The first-order valence-electron chi connectivity index (χ1n) is 31.8. The van der Waals surface area contributed by atoms with E-state index in [9.17, 15) is 10.0 Å². The van der Waals surface area contributed by atoms with E-state index in [2.05, 4.69) is 328 Å². The van der Waals surface area contributed by atoms with Crippen LogP contribution in [0.3, 0.4) is 0 Å². The average Bonchev–Trinajstić information content (AvgIpc) is 1.02. The Labute approximate surface area is 554 Å². The van der Waals surface area contributed by atoms with Gasteiger partial charge < -0.3 is 19.2 Å². The number of halogens is 1. The van der Waals surface area contributed by atoms with Gasteiger partial charge in [-0.15, -0.1) is 0 Å². The third-order valence-electron chi connectivity index (χ3n) is 18.3. The Morgan fingerprint density at radius 2 is 0.500 bits per heavy atom. The second-order valence-electron chi connectivity index (χ2n) is 23.8. The number of benzene rings is 16. The van der Waals surface area contributed by atoms with Crippen LogP contribution in [0.1, 0.15) is 0 Å². The first kappa shape index (κ1) is 57.8. The Hall–Kier alpha value is -11.4. The van der Waals surface area contributed by atoms with Crippen LogP contribution in [0.5, 0.6) is 0 Å². The summed E-state index contributed by atoms with van der Waals surface area (Å²) in [5, 5.41) is 33.7. The molecule has 94 heavy (non-hydrogen) atoms. The molecule has 0 fully saturated rings. The number of para-hydroxylation sites is 4. The average molecular weight is 1270 g/mol. The summed E-state index contributed by atoms with van der Waals surface area (Å²) in [7, 11) is -1.46. The van der Waals surface area contributed by atoms with E-state index in [4.69, 9.17) is 0 Å². The second kappa shape index (κ2) is 25.0. The maximum atomic E-state index is 9.43. The highest BCUT2D eigenvalue weighted by molar-refractivity contribution is 9.10. The van der Waals surface area contributed by atoms with Gasteiger partial charge in [0.25, 0.3) is 0 Å². The summed E-state index contributed by atoms with van der Waals surface area (Å²) in [5.74, 6) is 0. The fourth-order valence-electron chi connectivity index (χ4n) is 14.2. The molecule has 444 valence electrons. The molecule has 0 aliphatic rings. The van der Waals surface area contributed by atoms with Crippen LogP contribution >= 0.6 is 15.9 Å². The molecular formula is C88H60BBrN2O2. The lowest BCUT2D eigenvalue weighted by Crippen LogP contribution is -2.29. The predicted octanol–water partition coefficient (Wildman–Crippen LogP) is 22.6. The molecule has 0 saturated carbocycles. The molecule has 2 aromatic heterocycles. The fraction of sp³-hybridized carbons (Fsp3) is 0. The highest BCUT2D eigenvalue weighted by atomic mass is 79.9. The highest BCUT2D eigenvalue weighted by Crippen LogP contribution is 2.47. The van der Waals surface area contributed by atoms with E-state index < -0.39 is 7.12 Å². The normalized spacial score (nSPS) is 11.4. The van der Waals surface area contributed by atoms with Gasteiger partial charge in [0.05, 0.1) is 22.1 Å². The van der Waals surface area contributed by atoms with Crippen molar-refractivity contribution >= 4 is 115 Å². The van der Waals surface area contributed by atoms with Gasteiger partial charge in [0.15, 0.2) is 0 Å². The van der Waals surface area contributed by atoms with Gasteiger partial charge in [-0.2, -0.15) is 0 Å². The van der Waals surface area contributed by atoms with E-state index in [1.807, 2.05) is 42.5 Å². The second-order valence-corrected chi connectivity index (χ2v) is 24.7. The molecule has 18 rings (SSSR count). The fourth-order valence-corrected chi connectivity index (χ4v) is 14.5. The summed E-state index contributed by atoms with van der Waals surface area (Å²) in [4.78, 5) is 0. The molecule has 0 amide bonds. The Kier molecular flexibility index (Phi) is 15.4. The molecular weight excluding hydrogens is 1210 g/mol. The first-order valence-corrected chi connectivity index (χ1v) is 32.6. The summed E-state index contributed by atoms with van der Waals surface area (Å²) in [6.45, 7) is 0. The van der Waals surface area contributed by atoms with Gasteiger partial charge in [-0.05, 0) is 177 Å². The molecule has 0 spiro atoms. The van der Waals surface area contributed by atoms with Gasteiger partial charge in [-0.1, -0.05) is 295 Å². The minimum absolute atomic E-state index is 0.503. The van der Waals surface area contributed by atoms with Gasteiger partial charge in [-0.25, -0.2) is 0 Å². The van der Waals surface area contributed by atoms with E-state index in [1.54, 1.807) is 6.07 Å². The molecule has 18 aromatic rings. The van der Waals surface area contributed by atoms with Gasteiger partial charge in [0.2, 0.25) is 0 Å². The van der Waals surface area contributed by atoms with Gasteiger partial charge in [-0.3, -0.25) is 0 Å². The van der Waals surface area contributed by atoms with Crippen molar-refractivity contribution in [1.82, 2.24) is 9.13 Å². The first-order chi connectivity index (χ1) is 46.4. The molecule has 0 aliphatic heterocycles. The lowest BCUT2D eigenvalue weighted by atomic mass is 9.80. The molecule has 4 nitrogen and oxygen atoms in total. The lowest BCUT2D eigenvalue weighted by Gasteiger charge is -2.18. The van der Waals surface area contributed by atoms with E-state index in [0.29, 0.717) is 5.46 Å². The molecule has 2 N–H and O–H groups in total. The molecule has 16 aromatic carbocycles. The zero-order valence-electron chi connectivity index (χ0n) is 51.2. The van der Waals surface area contributed by atoms with Crippen molar-refractivity contribution < 1.29 is 10.0 Å². The van der Waals surface area contributed by atoms with Crippen LogP contribution in [-0.4, -0.2) is 26.3 Å². The van der Waals surface area contributed by atoms with Crippen LogP contribution in [0.2, 0.25) is 0 Å². The Morgan fingerprint density at radius 1 is 0.213 bits per heavy atom. The number of nitrogens with zero attached hydrogens (tertiary/aromatic N) is 2. The summed E-state index contributed by atoms with van der Waals surface area (Å²) < 4.78 is 5.67. The Balaban J connectivity index is 0.000000121. The van der Waals surface area contributed by atoms with Crippen molar-refractivity contribution in [2.24, 2.45) is 0 Å². The quantitative estimate of drug-likeness (QED) is 0.118. The Bertz CT molecular complexity index is 5820. The summed E-state index contributed by atoms with van der Waals surface area (Å²) in [5.41, 5.74) is 19.9. The number of fused-ring (bicyclic) bond motifs is 10. The van der Waals surface area contributed by atoms with Crippen molar-refractivity contribution in [3.63, 3.8) is 0 Å². The van der Waals surface area contributed by atoms with Crippen molar-refractivity contribution in [1.29, 1.82) is 0 Å². The molecule has 2 heterocycles. The van der Waals surface area contributed by atoms with Crippen molar-refractivity contribution in [2.75, 3.05) is 0 Å². The van der Waals surface area contributed by atoms with Crippen molar-refractivity contribution in [3.8, 4) is 67.0 Å². The third-order valence-corrected chi connectivity index (χ3v) is 18.8. The van der Waals surface area contributed by atoms with Gasteiger partial charge in [0, 0.05) is 37.4 Å². The summed E-state index contributed by atoms with van der Waals surface area (Å²) in [6.07, 6.45) is 0. The SMILES string of the molecule is Brc1ccc2c(-c3ccccc3)c3ccccc3c(-c3ccccc3)c2c1.OB(O)c1ccc2c(c1)c1ccccc1n2-c1ccccc1.c1ccc(-c2c3ccccc3c(-c3ccccc3)c3cc(-c4ccc5c(c4)c4ccccc4n5-c4ccccc4)ccc23)cc1. The standard InChI is InChI=1S/C44H29N.C26H17Br.C18H14BNO2/c1-4-14-30(15-5-1)43-36-21-10-11-22-37(36)44(31-16-6-2-7-17-31)40-29-32(24-26-38(40)43)33-25-27-42-39(28-33)35-20-12-13-23-41(35)45(42)34-18-8-3-9-19-34;27-20-15-16-23-24(17-20)26(19-11-5-2-6-12-19)22-14-8-7-13-21(22)25(23)18-9-3-1-4-10-18;21-19(22)13-10-11-18-16(12-13)15-8-4-5-9-17(15)20(18)14-6-2-1-3-7-14/h1-29H;1-17H;1-12,21-22H. The van der Waals surface area contributed by atoms with E-state index in [0.717, 1.165) is 32.0 Å². The maximum Gasteiger partial charge on any atom is 0.488 e. The monoisotopic (exact) mass is 1270 g/mol. The topological polar surface area (TPSA) is 50.3 Å². The minimum atomic E-state index is -1.46.